The summed E-state index contributed by atoms with van der Waals surface area (Å²) in [5.41, 5.74) is 0.431. The van der Waals surface area contributed by atoms with E-state index in [1.807, 2.05) is 6.92 Å². The summed E-state index contributed by atoms with van der Waals surface area (Å²) in [6.45, 7) is 2.50. The molecule has 0 N–H and O–H groups in total. The number of methoxy groups -OCH3 is 1. The number of rotatable bonds is 1. The Morgan fingerprint density at radius 2 is 2.36 bits per heavy atom. The molecule has 2 atom stereocenters. The summed E-state index contributed by atoms with van der Waals surface area (Å²) in [6.07, 6.45) is 2.36. The van der Waals surface area contributed by atoms with Gasteiger partial charge in [0.05, 0.1) is 12.7 Å². The van der Waals surface area contributed by atoms with Gasteiger partial charge in [-0.2, -0.15) is 5.26 Å². The van der Waals surface area contributed by atoms with E-state index in [0.717, 1.165) is 18.6 Å². The first-order valence-corrected chi connectivity index (χ1v) is 4.84. The van der Waals surface area contributed by atoms with Crippen molar-refractivity contribution in [2.24, 2.45) is 10.4 Å². The Morgan fingerprint density at radius 3 is 3.00 bits per heavy atom. The highest BCUT2D eigenvalue weighted by atomic mass is 16.7. The van der Waals surface area contributed by atoms with E-state index < -0.39 is 11.3 Å². The van der Waals surface area contributed by atoms with Crippen molar-refractivity contribution in [1.29, 1.82) is 5.26 Å². The molecule has 1 fully saturated rings. The quantitative estimate of drug-likeness (QED) is 0.635. The fraction of sp³-hybridized carbons (Fsp3) is 0.800. The van der Waals surface area contributed by atoms with Gasteiger partial charge in [0, 0.05) is 12.8 Å². The van der Waals surface area contributed by atoms with E-state index in [4.69, 9.17) is 9.47 Å². The second-order valence-corrected chi connectivity index (χ2v) is 3.93. The number of ether oxygens (including phenoxy) is 2. The molecule has 0 aromatic heterocycles. The van der Waals surface area contributed by atoms with Crippen LogP contribution in [0.15, 0.2) is 4.99 Å². The summed E-state index contributed by atoms with van der Waals surface area (Å²) in [5.74, 6) is -1.02. The van der Waals surface area contributed by atoms with Crippen LogP contribution in [0.25, 0.3) is 0 Å². The maximum Gasteiger partial charge on any atom is 0.288 e. The first-order valence-electron chi connectivity index (χ1n) is 4.84. The van der Waals surface area contributed by atoms with Gasteiger partial charge in [-0.25, -0.2) is 4.99 Å². The third-order valence-corrected chi connectivity index (χ3v) is 3.17. The average molecular weight is 194 g/mol. The molecule has 0 aromatic carbocycles. The van der Waals surface area contributed by atoms with E-state index in [9.17, 15) is 5.26 Å². The lowest BCUT2D eigenvalue weighted by atomic mass is 9.77. The van der Waals surface area contributed by atoms with Crippen molar-refractivity contribution in [3.8, 4) is 6.07 Å². The number of fused-ring (bicyclic) bond motifs is 1. The van der Waals surface area contributed by atoms with Crippen LogP contribution < -0.4 is 0 Å². The van der Waals surface area contributed by atoms with Crippen molar-refractivity contribution >= 4 is 5.71 Å². The molecule has 0 aromatic rings. The predicted octanol–water partition coefficient (Wildman–Crippen LogP) is 1.47. The Kier molecular flexibility index (Phi) is 2.09. The number of hydrogen-bond acceptors (Lipinski definition) is 4. The molecule has 0 spiro atoms. The predicted molar refractivity (Wildman–Crippen MR) is 50.7 cm³/mol. The van der Waals surface area contributed by atoms with Crippen molar-refractivity contribution < 1.29 is 9.47 Å². The number of nitrogens with zero attached hydrogens (tertiary/aromatic N) is 2. The first-order chi connectivity index (χ1) is 6.68. The summed E-state index contributed by atoms with van der Waals surface area (Å²) in [5, 5.41) is 9.26. The SMILES string of the molecule is COC12N=C(C)CCC1(C#N)CCO2. The van der Waals surface area contributed by atoms with Gasteiger partial charge in [-0.3, -0.25) is 0 Å². The molecule has 2 unspecified atom stereocenters. The highest BCUT2D eigenvalue weighted by Gasteiger charge is 2.60. The molecular weight excluding hydrogens is 180 g/mol. The van der Waals surface area contributed by atoms with Gasteiger partial charge in [0.25, 0.3) is 5.91 Å². The highest BCUT2D eigenvalue weighted by Crippen LogP contribution is 2.50. The molecule has 0 radical (unpaired) electrons. The molecule has 0 amide bonds. The number of hydrogen-bond donors (Lipinski definition) is 0. The summed E-state index contributed by atoms with van der Waals surface area (Å²) in [7, 11) is 1.56. The molecule has 0 bridgehead atoms. The van der Waals surface area contributed by atoms with Gasteiger partial charge < -0.3 is 9.47 Å². The molecule has 2 aliphatic rings. The molecule has 4 nitrogen and oxygen atoms in total. The largest absolute Gasteiger partial charge is 0.334 e. The number of nitriles is 1. The molecule has 2 aliphatic heterocycles. The maximum absolute atomic E-state index is 9.26. The molecule has 1 saturated heterocycles. The standard InChI is InChI=1S/C10H14N2O2/c1-8-3-4-9(7-11)5-6-14-10(9,12-8)13-2/h3-6H2,1-2H3. The molecule has 2 rings (SSSR count). The van der Waals surface area contributed by atoms with Gasteiger partial charge in [0.15, 0.2) is 0 Å². The smallest absolute Gasteiger partial charge is 0.288 e. The minimum atomic E-state index is -1.02. The fourth-order valence-corrected chi connectivity index (χ4v) is 2.27. The second kappa shape index (κ2) is 3.04. The Bertz CT molecular complexity index is 321. The van der Waals surface area contributed by atoms with Crippen LogP contribution in [0.5, 0.6) is 0 Å². The summed E-state index contributed by atoms with van der Waals surface area (Å²) < 4.78 is 10.9. The van der Waals surface area contributed by atoms with E-state index in [0.29, 0.717) is 13.0 Å². The Balaban J connectivity index is 2.47. The van der Waals surface area contributed by atoms with Gasteiger partial charge in [-0.15, -0.1) is 0 Å². The first kappa shape index (κ1) is 9.63. The Morgan fingerprint density at radius 1 is 1.57 bits per heavy atom. The lowest BCUT2D eigenvalue weighted by Crippen LogP contribution is -2.47. The minimum absolute atomic E-state index is 0.554. The van der Waals surface area contributed by atoms with Crippen molar-refractivity contribution in [2.75, 3.05) is 13.7 Å². The van der Waals surface area contributed by atoms with Crippen LogP contribution in [0.1, 0.15) is 26.2 Å². The van der Waals surface area contributed by atoms with Crippen LogP contribution in [-0.4, -0.2) is 25.3 Å². The van der Waals surface area contributed by atoms with Crippen LogP contribution in [0, 0.1) is 16.7 Å². The van der Waals surface area contributed by atoms with Crippen molar-refractivity contribution in [3.05, 3.63) is 0 Å². The zero-order valence-electron chi connectivity index (χ0n) is 8.54. The van der Waals surface area contributed by atoms with Crippen LogP contribution >= 0.6 is 0 Å². The zero-order valence-corrected chi connectivity index (χ0v) is 8.54. The van der Waals surface area contributed by atoms with Crippen LogP contribution in [-0.2, 0) is 9.47 Å². The molecule has 76 valence electrons. The summed E-state index contributed by atoms with van der Waals surface area (Å²) >= 11 is 0. The van der Waals surface area contributed by atoms with Crippen molar-refractivity contribution in [1.82, 2.24) is 0 Å². The van der Waals surface area contributed by atoms with E-state index >= 15 is 0 Å². The number of aliphatic imine (C=N–C) groups is 1. The van der Waals surface area contributed by atoms with Crippen LogP contribution in [0.2, 0.25) is 0 Å². The summed E-state index contributed by atoms with van der Waals surface area (Å²) in [4.78, 5) is 4.39. The normalized spacial score (nSPS) is 41.4. The fourth-order valence-electron chi connectivity index (χ4n) is 2.27. The second-order valence-electron chi connectivity index (χ2n) is 3.93. The minimum Gasteiger partial charge on any atom is -0.334 e. The van der Waals surface area contributed by atoms with Gasteiger partial charge in [-0.1, -0.05) is 0 Å². The molecule has 0 aliphatic carbocycles. The van der Waals surface area contributed by atoms with Crippen molar-refractivity contribution in [3.63, 3.8) is 0 Å². The molecule has 2 heterocycles. The Hall–Kier alpha value is -0.920. The molecular formula is C10H14N2O2. The van der Waals surface area contributed by atoms with E-state index in [2.05, 4.69) is 11.1 Å². The summed E-state index contributed by atoms with van der Waals surface area (Å²) in [6, 6.07) is 2.33. The molecule has 14 heavy (non-hydrogen) atoms. The third-order valence-electron chi connectivity index (χ3n) is 3.17. The van der Waals surface area contributed by atoms with Gasteiger partial charge >= 0.3 is 0 Å². The monoisotopic (exact) mass is 194 g/mol. The molecule has 0 saturated carbocycles. The average Bonchev–Trinajstić information content (AvgIpc) is 2.57. The van der Waals surface area contributed by atoms with E-state index in [-0.39, 0.29) is 0 Å². The van der Waals surface area contributed by atoms with Crippen LogP contribution in [0.3, 0.4) is 0 Å². The third kappa shape index (κ3) is 1.03. The van der Waals surface area contributed by atoms with Gasteiger partial charge in [-0.05, 0) is 26.2 Å². The van der Waals surface area contributed by atoms with Crippen LogP contribution in [0.4, 0.5) is 0 Å². The lowest BCUT2D eigenvalue weighted by Gasteiger charge is -2.38. The highest BCUT2D eigenvalue weighted by molar-refractivity contribution is 5.83. The van der Waals surface area contributed by atoms with E-state index in [1.54, 1.807) is 7.11 Å². The lowest BCUT2D eigenvalue weighted by molar-refractivity contribution is -0.230. The van der Waals surface area contributed by atoms with Crippen molar-refractivity contribution in [2.45, 2.75) is 32.1 Å². The van der Waals surface area contributed by atoms with Gasteiger partial charge in [0.2, 0.25) is 0 Å². The van der Waals surface area contributed by atoms with E-state index in [1.165, 1.54) is 0 Å². The van der Waals surface area contributed by atoms with Gasteiger partial charge in [0.1, 0.15) is 5.41 Å². The zero-order chi connectivity index (χ0) is 10.2. The Labute approximate surface area is 83.5 Å². The topological polar surface area (TPSA) is 54.6 Å². The maximum atomic E-state index is 9.26. The molecule has 4 heteroatoms.